The summed E-state index contributed by atoms with van der Waals surface area (Å²) in [4.78, 5) is 13.0. The van der Waals surface area contributed by atoms with Crippen molar-refractivity contribution in [2.24, 2.45) is 5.73 Å². The lowest BCUT2D eigenvalue weighted by Crippen LogP contribution is -2.53. The van der Waals surface area contributed by atoms with E-state index in [0.29, 0.717) is 19.7 Å². The van der Waals surface area contributed by atoms with Crippen molar-refractivity contribution in [3.05, 3.63) is 0 Å². The van der Waals surface area contributed by atoms with Gasteiger partial charge in [-0.1, -0.05) is 0 Å². The summed E-state index contributed by atoms with van der Waals surface area (Å²) in [7, 11) is 1.61. The lowest BCUT2D eigenvalue weighted by Gasteiger charge is -2.35. The first kappa shape index (κ1) is 11.3. The Kier molecular flexibility index (Phi) is 4.16. The zero-order chi connectivity index (χ0) is 10.6. The van der Waals surface area contributed by atoms with Crippen molar-refractivity contribution in [3.8, 4) is 0 Å². The minimum absolute atomic E-state index is 0.0191. The molecule has 0 unspecified atom stereocenters. The van der Waals surface area contributed by atoms with E-state index in [9.17, 15) is 4.79 Å². The summed E-state index contributed by atoms with van der Waals surface area (Å²) in [6, 6.07) is 0.0191. The van der Waals surface area contributed by atoms with Crippen LogP contribution in [0.4, 0.5) is 4.79 Å². The fourth-order valence-electron chi connectivity index (χ4n) is 1.56. The predicted molar refractivity (Wildman–Crippen MR) is 52.0 cm³/mol. The van der Waals surface area contributed by atoms with E-state index in [2.05, 4.69) is 0 Å². The van der Waals surface area contributed by atoms with Gasteiger partial charge in [0.2, 0.25) is 0 Å². The standard InChI is InChI=1S/C9H18N2O3/c1-3-14-9(12)11-5-4-7(10)8(6-11)13-2/h7-8H,3-6,10H2,1-2H3/t7-,8+/m0/s1. The number of likely N-dealkylation sites (tertiary alicyclic amines) is 1. The quantitative estimate of drug-likeness (QED) is 0.694. The number of rotatable bonds is 2. The van der Waals surface area contributed by atoms with E-state index in [0.717, 1.165) is 6.42 Å². The van der Waals surface area contributed by atoms with Crippen LogP contribution in [0.3, 0.4) is 0 Å². The smallest absolute Gasteiger partial charge is 0.409 e. The van der Waals surface area contributed by atoms with Crippen molar-refractivity contribution in [2.75, 3.05) is 26.8 Å². The van der Waals surface area contributed by atoms with Crippen LogP contribution < -0.4 is 5.73 Å². The van der Waals surface area contributed by atoms with Crippen LogP contribution in [0.15, 0.2) is 0 Å². The second kappa shape index (κ2) is 5.17. The van der Waals surface area contributed by atoms with Gasteiger partial charge >= 0.3 is 6.09 Å². The van der Waals surface area contributed by atoms with E-state index in [1.165, 1.54) is 0 Å². The van der Waals surface area contributed by atoms with Crippen LogP contribution in [0, 0.1) is 0 Å². The van der Waals surface area contributed by atoms with Crippen molar-refractivity contribution in [1.82, 2.24) is 4.90 Å². The van der Waals surface area contributed by atoms with Crippen LogP contribution in [-0.2, 0) is 9.47 Å². The van der Waals surface area contributed by atoms with Gasteiger partial charge in [0.1, 0.15) is 0 Å². The molecular formula is C9H18N2O3. The van der Waals surface area contributed by atoms with E-state index in [1.807, 2.05) is 0 Å². The van der Waals surface area contributed by atoms with Gasteiger partial charge < -0.3 is 20.1 Å². The Bertz CT molecular complexity index is 198. The summed E-state index contributed by atoms with van der Waals surface area (Å²) >= 11 is 0. The van der Waals surface area contributed by atoms with Crippen LogP contribution in [-0.4, -0.2) is 49.9 Å². The maximum Gasteiger partial charge on any atom is 0.409 e. The molecule has 2 atom stereocenters. The molecule has 82 valence electrons. The number of amides is 1. The highest BCUT2D eigenvalue weighted by Crippen LogP contribution is 2.12. The van der Waals surface area contributed by atoms with Gasteiger partial charge in [-0.2, -0.15) is 0 Å². The van der Waals surface area contributed by atoms with Crippen LogP contribution in [0.1, 0.15) is 13.3 Å². The van der Waals surface area contributed by atoms with Gasteiger partial charge in [0.05, 0.1) is 19.3 Å². The van der Waals surface area contributed by atoms with Crippen molar-refractivity contribution >= 4 is 6.09 Å². The highest BCUT2D eigenvalue weighted by atomic mass is 16.6. The van der Waals surface area contributed by atoms with Crippen molar-refractivity contribution in [2.45, 2.75) is 25.5 Å². The van der Waals surface area contributed by atoms with Gasteiger partial charge in [-0.15, -0.1) is 0 Å². The maximum absolute atomic E-state index is 11.4. The Hall–Kier alpha value is -0.810. The van der Waals surface area contributed by atoms with Gasteiger partial charge in [0.15, 0.2) is 0 Å². The minimum atomic E-state index is -0.276. The summed E-state index contributed by atoms with van der Waals surface area (Å²) in [5, 5.41) is 0. The molecule has 0 radical (unpaired) electrons. The number of methoxy groups -OCH3 is 1. The predicted octanol–water partition coefficient (Wildman–Crippen LogP) is 0.191. The summed E-state index contributed by atoms with van der Waals surface area (Å²) in [6.45, 7) is 3.37. The Morgan fingerprint density at radius 2 is 2.36 bits per heavy atom. The molecule has 0 aliphatic carbocycles. The molecule has 1 fully saturated rings. The largest absolute Gasteiger partial charge is 0.450 e. The molecule has 5 heteroatoms. The van der Waals surface area contributed by atoms with Crippen LogP contribution >= 0.6 is 0 Å². The Morgan fingerprint density at radius 1 is 1.64 bits per heavy atom. The molecule has 1 heterocycles. The van der Waals surface area contributed by atoms with Gasteiger partial charge in [-0.05, 0) is 13.3 Å². The average molecular weight is 202 g/mol. The minimum Gasteiger partial charge on any atom is -0.450 e. The molecule has 0 aromatic rings. The molecule has 14 heavy (non-hydrogen) atoms. The van der Waals surface area contributed by atoms with Crippen LogP contribution in [0.2, 0.25) is 0 Å². The summed E-state index contributed by atoms with van der Waals surface area (Å²) in [5.74, 6) is 0. The van der Waals surface area contributed by atoms with E-state index in [-0.39, 0.29) is 18.2 Å². The lowest BCUT2D eigenvalue weighted by atomic mass is 10.0. The maximum atomic E-state index is 11.4. The first-order valence-corrected chi connectivity index (χ1v) is 4.89. The fraction of sp³-hybridized carbons (Fsp3) is 0.889. The number of hydrogen-bond donors (Lipinski definition) is 1. The normalized spacial score (nSPS) is 27.5. The third kappa shape index (κ3) is 2.59. The van der Waals surface area contributed by atoms with Crippen molar-refractivity contribution in [3.63, 3.8) is 0 Å². The highest BCUT2D eigenvalue weighted by molar-refractivity contribution is 5.67. The molecule has 1 saturated heterocycles. The van der Waals surface area contributed by atoms with Gasteiger partial charge in [-0.3, -0.25) is 0 Å². The van der Waals surface area contributed by atoms with Gasteiger partial charge in [0, 0.05) is 19.7 Å². The van der Waals surface area contributed by atoms with Crippen molar-refractivity contribution in [1.29, 1.82) is 0 Å². The number of ether oxygens (including phenoxy) is 2. The van der Waals surface area contributed by atoms with Gasteiger partial charge in [0.25, 0.3) is 0 Å². The zero-order valence-corrected chi connectivity index (χ0v) is 8.73. The Balaban J connectivity index is 2.45. The second-order valence-corrected chi connectivity index (χ2v) is 3.37. The Labute approximate surface area is 84.1 Å². The number of hydrogen-bond acceptors (Lipinski definition) is 4. The SMILES string of the molecule is CCOC(=O)N1CC[C@H](N)[C@H](OC)C1. The zero-order valence-electron chi connectivity index (χ0n) is 8.73. The molecule has 0 aromatic heterocycles. The highest BCUT2D eigenvalue weighted by Gasteiger charge is 2.29. The molecule has 1 amide bonds. The second-order valence-electron chi connectivity index (χ2n) is 3.37. The molecule has 0 spiro atoms. The average Bonchev–Trinajstić information content (AvgIpc) is 2.19. The number of carbonyl (C=O) groups excluding carboxylic acids is 1. The van der Waals surface area contributed by atoms with E-state index in [1.54, 1.807) is 18.9 Å². The number of nitrogens with zero attached hydrogens (tertiary/aromatic N) is 1. The number of piperidine rings is 1. The molecule has 2 N–H and O–H groups in total. The molecule has 1 rings (SSSR count). The van der Waals surface area contributed by atoms with E-state index in [4.69, 9.17) is 15.2 Å². The topological polar surface area (TPSA) is 64.8 Å². The third-order valence-electron chi connectivity index (χ3n) is 2.44. The Morgan fingerprint density at radius 3 is 2.93 bits per heavy atom. The van der Waals surface area contributed by atoms with Gasteiger partial charge in [-0.25, -0.2) is 4.79 Å². The van der Waals surface area contributed by atoms with E-state index < -0.39 is 0 Å². The van der Waals surface area contributed by atoms with E-state index >= 15 is 0 Å². The third-order valence-corrected chi connectivity index (χ3v) is 2.44. The molecule has 1 aliphatic heterocycles. The molecule has 0 saturated carbocycles. The molecule has 5 nitrogen and oxygen atoms in total. The number of nitrogens with two attached hydrogens (primary N) is 1. The summed E-state index contributed by atoms with van der Waals surface area (Å²) in [5.41, 5.74) is 5.82. The summed E-state index contributed by atoms with van der Waals surface area (Å²) in [6.07, 6.45) is 0.409. The number of carbonyl (C=O) groups is 1. The molecule has 1 aliphatic rings. The first-order valence-electron chi connectivity index (χ1n) is 4.89. The molecule has 0 bridgehead atoms. The van der Waals surface area contributed by atoms with Crippen molar-refractivity contribution < 1.29 is 14.3 Å². The summed E-state index contributed by atoms with van der Waals surface area (Å²) < 4.78 is 10.1. The lowest BCUT2D eigenvalue weighted by molar-refractivity contribution is 0.0131. The van der Waals surface area contributed by atoms with Crippen LogP contribution in [0.5, 0.6) is 0 Å². The monoisotopic (exact) mass is 202 g/mol. The van der Waals surface area contributed by atoms with Crippen LogP contribution in [0.25, 0.3) is 0 Å². The molecular weight excluding hydrogens is 184 g/mol. The fourth-order valence-corrected chi connectivity index (χ4v) is 1.56. The first-order chi connectivity index (χ1) is 6.69. The molecule has 0 aromatic carbocycles.